The minimum atomic E-state index is -1.05. The fraction of sp³-hybridized carbons (Fsp3) is 0. The molecule has 0 radical (unpaired) electrons. The molecular weight excluding hydrogens is 322 g/mol. The summed E-state index contributed by atoms with van der Waals surface area (Å²) in [6.45, 7) is 0. The molecule has 2 aromatic rings. The van der Waals surface area contributed by atoms with Crippen LogP contribution in [0.5, 0.6) is 0 Å². The second-order valence-corrected chi connectivity index (χ2v) is 4.95. The summed E-state index contributed by atoms with van der Waals surface area (Å²) in [6, 6.07) is 8.99. The molecule has 0 aromatic heterocycles. The number of aromatic carboxylic acids is 1. The number of halogens is 3. The van der Waals surface area contributed by atoms with E-state index in [4.69, 9.17) is 16.7 Å². The standard InChI is InChI=1S/C13H7BrClFO2/c14-8-2-3-9(10(6-8)13(17)18)7-1-4-12(16)11(15)5-7/h1-6H,(H,17,18). The third-order valence-electron chi connectivity index (χ3n) is 2.44. The van der Waals surface area contributed by atoms with Gasteiger partial charge in [-0.1, -0.05) is 39.7 Å². The predicted octanol–water partition coefficient (Wildman–Crippen LogP) is 4.61. The number of hydrogen-bond acceptors (Lipinski definition) is 1. The fourth-order valence-corrected chi connectivity index (χ4v) is 2.15. The smallest absolute Gasteiger partial charge is 0.336 e. The van der Waals surface area contributed by atoms with Crippen LogP contribution in [0.15, 0.2) is 40.9 Å². The van der Waals surface area contributed by atoms with Crippen molar-refractivity contribution in [2.75, 3.05) is 0 Å². The Morgan fingerprint density at radius 1 is 1.22 bits per heavy atom. The maximum atomic E-state index is 13.1. The SMILES string of the molecule is O=C(O)c1cc(Br)ccc1-c1ccc(F)c(Cl)c1. The molecule has 2 rings (SSSR count). The molecule has 5 heteroatoms. The molecule has 0 saturated heterocycles. The first kappa shape index (κ1) is 13.1. The second-order valence-electron chi connectivity index (χ2n) is 3.62. The molecule has 0 bridgehead atoms. The Morgan fingerprint density at radius 2 is 1.94 bits per heavy atom. The van der Waals surface area contributed by atoms with E-state index < -0.39 is 11.8 Å². The van der Waals surface area contributed by atoms with Crippen molar-refractivity contribution in [2.45, 2.75) is 0 Å². The van der Waals surface area contributed by atoms with Crippen molar-refractivity contribution in [1.82, 2.24) is 0 Å². The van der Waals surface area contributed by atoms with Gasteiger partial charge in [0.1, 0.15) is 5.82 Å². The second kappa shape index (κ2) is 5.08. The summed E-state index contributed by atoms with van der Waals surface area (Å²) in [4.78, 5) is 11.2. The molecule has 2 aromatic carbocycles. The molecule has 1 N–H and O–H groups in total. The van der Waals surface area contributed by atoms with Crippen molar-refractivity contribution in [3.63, 3.8) is 0 Å². The Hall–Kier alpha value is -1.39. The van der Waals surface area contributed by atoms with Crippen LogP contribution in [0.3, 0.4) is 0 Å². The molecule has 2 nitrogen and oxygen atoms in total. The number of carboxylic acids is 1. The molecule has 0 heterocycles. The molecule has 0 saturated carbocycles. The number of benzene rings is 2. The quantitative estimate of drug-likeness (QED) is 0.874. The van der Waals surface area contributed by atoms with Gasteiger partial charge in [0.2, 0.25) is 0 Å². The van der Waals surface area contributed by atoms with Gasteiger partial charge in [0.15, 0.2) is 0 Å². The van der Waals surface area contributed by atoms with E-state index in [2.05, 4.69) is 15.9 Å². The van der Waals surface area contributed by atoms with Gasteiger partial charge >= 0.3 is 5.97 Å². The molecular formula is C13H7BrClFO2. The lowest BCUT2D eigenvalue weighted by atomic mass is 10.00. The fourth-order valence-electron chi connectivity index (χ4n) is 1.61. The summed E-state index contributed by atoms with van der Waals surface area (Å²) in [7, 11) is 0. The van der Waals surface area contributed by atoms with Crippen molar-refractivity contribution in [1.29, 1.82) is 0 Å². The van der Waals surface area contributed by atoms with Crippen molar-refractivity contribution in [3.05, 3.63) is 57.3 Å². The molecule has 0 aliphatic carbocycles. The molecule has 92 valence electrons. The third-order valence-corrected chi connectivity index (χ3v) is 3.23. The van der Waals surface area contributed by atoms with Crippen LogP contribution >= 0.6 is 27.5 Å². The van der Waals surface area contributed by atoms with Gasteiger partial charge in [0.05, 0.1) is 10.6 Å². The summed E-state index contributed by atoms with van der Waals surface area (Å²) >= 11 is 8.91. The first-order valence-corrected chi connectivity index (χ1v) is 6.14. The minimum Gasteiger partial charge on any atom is -0.478 e. The largest absolute Gasteiger partial charge is 0.478 e. The third kappa shape index (κ3) is 2.54. The summed E-state index contributed by atoms with van der Waals surface area (Å²) in [5.41, 5.74) is 1.19. The molecule has 0 atom stereocenters. The van der Waals surface area contributed by atoms with E-state index in [1.807, 2.05) is 0 Å². The zero-order valence-electron chi connectivity index (χ0n) is 8.95. The maximum Gasteiger partial charge on any atom is 0.336 e. The molecule has 18 heavy (non-hydrogen) atoms. The van der Waals surface area contributed by atoms with E-state index in [1.165, 1.54) is 24.3 Å². The first-order chi connectivity index (χ1) is 8.49. The Morgan fingerprint density at radius 3 is 2.56 bits per heavy atom. The van der Waals surface area contributed by atoms with Crippen LogP contribution in [0, 0.1) is 5.82 Å². The molecule has 0 aliphatic heterocycles. The van der Waals surface area contributed by atoms with Crippen LogP contribution in [-0.4, -0.2) is 11.1 Å². The normalized spacial score (nSPS) is 10.4. The maximum absolute atomic E-state index is 13.1. The first-order valence-electron chi connectivity index (χ1n) is 4.97. The van der Waals surface area contributed by atoms with Gasteiger partial charge in [-0.15, -0.1) is 0 Å². The van der Waals surface area contributed by atoms with Gasteiger partial charge in [-0.3, -0.25) is 0 Å². The van der Waals surface area contributed by atoms with Gasteiger partial charge in [-0.25, -0.2) is 9.18 Å². The number of hydrogen-bond donors (Lipinski definition) is 1. The highest BCUT2D eigenvalue weighted by molar-refractivity contribution is 9.10. The molecule has 0 fully saturated rings. The van der Waals surface area contributed by atoms with Crippen molar-refractivity contribution < 1.29 is 14.3 Å². The van der Waals surface area contributed by atoms with Crippen LogP contribution < -0.4 is 0 Å². The van der Waals surface area contributed by atoms with Crippen molar-refractivity contribution >= 4 is 33.5 Å². The van der Waals surface area contributed by atoms with Gasteiger partial charge in [0, 0.05) is 4.47 Å². The molecule has 0 spiro atoms. The van der Waals surface area contributed by atoms with Crippen molar-refractivity contribution in [3.8, 4) is 11.1 Å². The van der Waals surface area contributed by atoms with Crippen LogP contribution in [0.2, 0.25) is 5.02 Å². The molecule has 0 unspecified atom stereocenters. The lowest BCUT2D eigenvalue weighted by molar-refractivity contribution is 0.0697. The van der Waals surface area contributed by atoms with Crippen LogP contribution in [0.25, 0.3) is 11.1 Å². The average Bonchev–Trinajstić information content (AvgIpc) is 2.32. The van der Waals surface area contributed by atoms with Gasteiger partial charge in [-0.05, 0) is 35.4 Å². The van der Waals surface area contributed by atoms with Gasteiger partial charge < -0.3 is 5.11 Å². The number of carboxylic acid groups (broad SMARTS) is 1. The van der Waals surface area contributed by atoms with Gasteiger partial charge in [-0.2, -0.15) is 0 Å². The minimum absolute atomic E-state index is 0.0354. The van der Waals surface area contributed by atoms with E-state index in [-0.39, 0.29) is 10.6 Å². The summed E-state index contributed by atoms with van der Waals surface area (Å²) < 4.78 is 13.7. The van der Waals surface area contributed by atoms with E-state index in [0.717, 1.165) is 0 Å². The highest BCUT2D eigenvalue weighted by atomic mass is 79.9. The monoisotopic (exact) mass is 328 g/mol. The lowest BCUT2D eigenvalue weighted by Gasteiger charge is -2.07. The van der Waals surface area contributed by atoms with E-state index in [9.17, 15) is 9.18 Å². The zero-order chi connectivity index (χ0) is 13.3. The Bertz CT molecular complexity index is 628. The zero-order valence-corrected chi connectivity index (χ0v) is 11.3. The highest BCUT2D eigenvalue weighted by Gasteiger charge is 2.13. The summed E-state index contributed by atoms with van der Waals surface area (Å²) in [5, 5.41) is 9.11. The van der Waals surface area contributed by atoms with E-state index in [1.54, 1.807) is 12.1 Å². The van der Waals surface area contributed by atoms with Crippen molar-refractivity contribution in [2.24, 2.45) is 0 Å². The van der Waals surface area contributed by atoms with Gasteiger partial charge in [0.25, 0.3) is 0 Å². The lowest BCUT2D eigenvalue weighted by Crippen LogP contribution is -1.99. The predicted molar refractivity (Wildman–Crippen MR) is 71.5 cm³/mol. The number of rotatable bonds is 2. The Balaban J connectivity index is 2.63. The highest BCUT2D eigenvalue weighted by Crippen LogP contribution is 2.29. The molecule has 0 amide bonds. The van der Waals surface area contributed by atoms with Crippen LogP contribution in [-0.2, 0) is 0 Å². The average molecular weight is 330 g/mol. The van der Waals surface area contributed by atoms with Crippen LogP contribution in [0.4, 0.5) is 4.39 Å². The Kier molecular flexibility index (Phi) is 3.68. The molecule has 0 aliphatic rings. The van der Waals surface area contributed by atoms with E-state index >= 15 is 0 Å². The van der Waals surface area contributed by atoms with E-state index in [0.29, 0.717) is 15.6 Å². The summed E-state index contributed by atoms with van der Waals surface area (Å²) in [5.74, 6) is -1.58. The van der Waals surface area contributed by atoms with Crippen LogP contribution in [0.1, 0.15) is 10.4 Å². The summed E-state index contributed by atoms with van der Waals surface area (Å²) in [6.07, 6.45) is 0. The number of carbonyl (C=O) groups is 1. The topological polar surface area (TPSA) is 37.3 Å². The Labute approximate surface area is 116 Å².